The molecule has 4 amide bonds. The Morgan fingerprint density at radius 2 is 1.65 bits per heavy atom. The summed E-state index contributed by atoms with van der Waals surface area (Å²) in [5, 5.41) is 2.46. The van der Waals surface area contributed by atoms with Crippen LogP contribution in [0.5, 0.6) is 0 Å². The minimum atomic E-state index is -1.16. The third-order valence-corrected chi connectivity index (χ3v) is 5.47. The monoisotopic (exact) mass is 425 g/mol. The van der Waals surface area contributed by atoms with Crippen LogP contribution in [0.1, 0.15) is 74.4 Å². The number of Topliss-reactive ketones (excluding diaryl/α,β-unsaturated/α-hetero) is 1. The van der Waals surface area contributed by atoms with E-state index in [1.807, 2.05) is 6.92 Å². The van der Waals surface area contributed by atoms with Gasteiger partial charge >= 0.3 is 0 Å². The average molecular weight is 425 g/mol. The number of ketones is 1. The van der Waals surface area contributed by atoms with Crippen LogP contribution in [0.2, 0.25) is 0 Å². The number of benzene rings is 1. The first kappa shape index (κ1) is 21.9. The van der Waals surface area contributed by atoms with E-state index in [1.165, 1.54) is 26.0 Å². The predicted molar refractivity (Wildman–Crippen MR) is 111 cm³/mol. The van der Waals surface area contributed by atoms with E-state index in [9.17, 15) is 24.0 Å². The molecule has 0 radical (unpaired) electrons. The Hall–Kier alpha value is -3.75. The van der Waals surface area contributed by atoms with Gasteiger partial charge in [0.25, 0.3) is 17.7 Å². The van der Waals surface area contributed by atoms with Crippen molar-refractivity contribution < 1.29 is 28.4 Å². The number of aryl methyl sites for hydroxylation is 1. The maximum Gasteiger partial charge on any atom is 0.262 e. The quantitative estimate of drug-likeness (QED) is 0.516. The van der Waals surface area contributed by atoms with E-state index in [0.717, 1.165) is 4.90 Å². The van der Waals surface area contributed by atoms with Gasteiger partial charge in [0.2, 0.25) is 11.8 Å². The van der Waals surface area contributed by atoms with Crippen molar-refractivity contribution in [2.45, 2.75) is 40.2 Å². The Bertz CT molecular complexity index is 1080. The summed E-state index contributed by atoms with van der Waals surface area (Å²) >= 11 is 0. The summed E-state index contributed by atoms with van der Waals surface area (Å²) in [6.07, 6.45) is 0.490. The number of anilines is 1. The SMILES string of the molecule is CCC(C)C(C(=O)Nc1oc(C)c(C(C)=O)c1C(N)=O)N1C(=O)c2ccccc2C1=O. The van der Waals surface area contributed by atoms with Gasteiger partial charge in [-0.25, -0.2) is 0 Å². The molecule has 2 aromatic rings. The molecule has 2 heterocycles. The van der Waals surface area contributed by atoms with Gasteiger partial charge in [-0.3, -0.25) is 34.2 Å². The largest absolute Gasteiger partial charge is 0.444 e. The van der Waals surface area contributed by atoms with Crippen LogP contribution >= 0.6 is 0 Å². The normalized spacial score (nSPS) is 14.9. The Balaban J connectivity index is 2.01. The van der Waals surface area contributed by atoms with E-state index >= 15 is 0 Å². The fourth-order valence-corrected chi connectivity index (χ4v) is 3.79. The molecule has 0 bridgehead atoms. The molecule has 0 aliphatic carbocycles. The number of nitrogens with two attached hydrogens (primary N) is 1. The first-order valence-electron chi connectivity index (χ1n) is 9.82. The minimum absolute atomic E-state index is 0.0244. The molecule has 0 fully saturated rings. The van der Waals surface area contributed by atoms with Gasteiger partial charge in [0.05, 0.1) is 16.7 Å². The first-order chi connectivity index (χ1) is 14.6. The van der Waals surface area contributed by atoms with Crippen LogP contribution in [-0.4, -0.2) is 40.4 Å². The van der Waals surface area contributed by atoms with Crippen LogP contribution < -0.4 is 11.1 Å². The first-order valence-corrected chi connectivity index (χ1v) is 9.82. The number of imide groups is 1. The molecule has 0 saturated carbocycles. The van der Waals surface area contributed by atoms with Gasteiger partial charge in [0, 0.05) is 0 Å². The second-order valence-corrected chi connectivity index (χ2v) is 7.50. The summed E-state index contributed by atoms with van der Waals surface area (Å²) in [4.78, 5) is 63.9. The van der Waals surface area contributed by atoms with Crippen LogP contribution in [0.25, 0.3) is 0 Å². The molecule has 1 aliphatic rings. The molecule has 1 aromatic heterocycles. The van der Waals surface area contributed by atoms with E-state index in [4.69, 9.17) is 10.2 Å². The summed E-state index contributed by atoms with van der Waals surface area (Å²) in [5.41, 5.74) is 5.58. The Morgan fingerprint density at radius 3 is 2.10 bits per heavy atom. The number of carbonyl (C=O) groups is 5. The number of fused-ring (bicyclic) bond motifs is 1. The predicted octanol–water partition coefficient (Wildman–Crippen LogP) is 2.54. The van der Waals surface area contributed by atoms with Crippen molar-refractivity contribution in [3.05, 3.63) is 52.3 Å². The van der Waals surface area contributed by atoms with E-state index in [1.54, 1.807) is 19.1 Å². The van der Waals surface area contributed by atoms with E-state index in [2.05, 4.69) is 5.32 Å². The zero-order valence-corrected chi connectivity index (χ0v) is 17.6. The molecule has 31 heavy (non-hydrogen) atoms. The average Bonchev–Trinajstić information content (AvgIpc) is 3.17. The third-order valence-electron chi connectivity index (χ3n) is 5.47. The van der Waals surface area contributed by atoms with Crippen LogP contribution in [-0.2, 0) is 4.79 Å². The van der Waals surface area contributed by atoms with Crippen LogP contribution in [0.15, 0.2) is 28.7 Å². The van der Waals surface area contributed by atoms with Crippen LogP contribution in [0.4, 0.5) is 5.88 Å². The summed E-state index contributed by atoms with van der Waals surface area (Å²) in [6, 6.07) is 5.17. The summed E-state index contributed by atoms with van der Waals surface area (Å²) in [5.74, 6) is -3.83. The molecule has 162 valence electrons. The Labute approximate surface area is 178 Å². The molecule has 1 aromatic carbocycles. The Morgan fingerprint density at radius 1 is 1.10 bits per heavy atom. The highest BCUT2D eigenvalue weighted by Crippen LogP contribution is 2.31. The number of amides is 4. The molecule has 2 atom stereocenters. The van der Waals surface area contributed by atoms with Crippen molar-refractivity contribution in [1.82, 2.24) is 4.90 Å². The van der Waals surface area contributed by atoms with Gasteiger partial charge in [-0.15, -0.1) is 0 Å². The van der Waals surface area contributed by atoms with Crippen LogP contribution in [0.3, 0.4) is 0 Å². The zero-order chi connectivity index (χ0) is 23.0. The highest BCUT2D eigenvalue weighted by atomic mass is 16.4. The number of rotatable bonds is 7. The van der Waals surface area contributed by atoms with Crippen molar-refractivity contribution in [3.63, 3.8) is 0 Å². The smallest absolute Gasteiger partial charge is 0.262 e. The second kappa shape index (κ2) is 8.17. The summed E-state index contributed by atoms with van der Waals surface area (Å²) in [7, 11) is 0. The van der Waals surface area contributed by atoms with Gasteiger partial charge in [-0.05, 0) is 31.9 Å². The highest BCUT2D eigenvalue weighted by molar-refractivity contribution is 6.23. The van der Waals surface area contributed by atoms with Crippen LogP contribution in [0, 0.1) is 12.8 Å². The fourth-order valence-electron chi connectivity index (χ4n) is 3.79. The molecule has 3 rings (SSSR count). The van der Waals surface area contributed by atoms with Gasteiger partial charge in [0.1, 0.15) is 17.4 Å². The number of carbonyl (C=O) groups excluding carboxylic acids is 5. The van der Waals surface area contributed by atoms with Gasteiger partial charge in [-0.2, -0.15) is 0 Å². The lowest BCUT2D eigenvalue weighted by molar-refractivity contribution is -0.121. The number of nitrogens with zero attached hydrogens (tertiary/aromatic N) is 1. The van der Waals surface area contributed by atoms with Gasteiger partial charge < -0.3 is 10.2 Å². The van der Waals surface area contributed by atoms with Crippen molar-refractivity contribution in [2.24, 2.45) is 11.7 Å². The molecule has 0 spiro atoms. The van der Waals surface area contributed by atoms with Crippen molar-refractivity contribution in [3.8, 4) is 0 Å². The molecular formula is C22H23N3O6. The van der Waals surface area contributed by atoms with E-state index in [0.29, 0.717) is 6.42 Å². The van der Waals surface area contributed by atoms with Crippen molar-refractivity contribution >= 4 is 35.3 Å². The third kappa shape index (κ3) is 3.63. The second-order valence-electron chi connectivity index (χ2n) is 7.50. The minimum Gasteiger partial charge on any atom is -0.444 e. The lowest BCUT2D eigenvalue weighted by Gasteiger charge is -2.29. The summed E-state index contributed by atoms with van der Waals surface area (Å²) in [6.45, 7) is 6.27. The molecule has 9 nitrogen and oxygen atoms in total. The number of primary amides is 1. The lowest BCUT2D eigenvalue weighted by atomic mass is 9.96. The molecule has 0 saturated heterocycles. The van der Waals surface area contributed by atoms with Gasteiger partial charge in [0.15, 0.2) is 5.78 Å². The number of nitrogens with one attached hydrogen (secondary N) is 1. The van der Waals surface area contributed by atoms with Crippen molar-refractivity contribution in [2.75, 3.05) is 5.32 Å². The highest BCUT2D eigenvalue weighted by Gasteiger charge is 2.45. The molecular weight excluding hydrogens is 402 g/mol. The molecule has 2 unspecified atom stereocenters. The number of furan rings is 1. The molecule has 3 N–H and O–H groups in total. The van der Waals surface area contributed by atoms with E-state index < -0.39 is 41.4 Å². The topological polar surface area (TPSA) is 140 Å². The summed E-state index contributed by atoms with van der Waals surface area (Å²) < 4.78 is 5.44. The zero-order valence-electron chi connectivity index (χ0n) is 17.6. The van der Waals surface area contributed by atoms with Gasteiger partial charge in [-0.1, -0.05) is 32.4 Å². The maximum absolute atomic E-state index is 13.3. The fraction of sp³-hybridized carbons (Fsp3) is 0.318. The van der Waals surface area contributed by atoms with Crippen molar-refractivity contribution in [1.29, 1.82) is 0 Å². The number of hydrogen-bond acceptors (Lipinski definition) is 6. The standard InChI is InChI=1S/C22H23N3O6/c1-5-10(2)17(25-21(29)13-8-6-7-9-14(13)22(25)30)19(28)24-20-16(18(23)27)15(11(3)26)12(4)31-20/h6-10,17H,5H2,1-4H3,(H2,23,27)(H,24,28). The lowest BCUT2D eigenvalue weighted by Crippen LogP contribution is -2.50. The Kier molecular flexibility index (Phi) is 5.79. The molecule has 1 aliphatic heterocycles. The van der Waals surface area contributed by atoms with E-state index in [-0.39, 0.29) is 33.9 Å². The number of hydrogen-bond donors (Lipinski definition) is 2. The maximum atomic E-state index is 13.3. The molecule has 9 heteroatoms.